The first-order chi connectivity index (χ1) is 13.5. The number of hydrogen-bond donors (Lipinski definition) is 0. The Morgan fingerprint density at radius 1 is 0.964 bits per heavy atom. The van der Waals surface area contributed by atoms with Crippen LogP contribution in [-0.4, -0.2) is 36.3 Å². The van der Waals surface area contributed by atoms with Crippen molar-refractivity contribution in [3.8, 4) is 0 Å². The van der Waals surface area contributed by atoms with Crippen molar-refractivity contribution in [2.75, 3.05) is 18.0 Å². The summed E-state index contributed by atoms with van der Waals surface area (Å²) in [6, 6.07) is 10.6. The summed E-state index contributed by atoms with van der Waals surface area (Å²) in [6.45, 7) is 1.23. The Morgan fingerprint density at radius 3 is 2.39 bits per heavy atom. The fourth-order valence-corrected chi connectivity index (χ4v) is 6.01. The van der Waals surface area contributed by atoms with Crippen molar-refractivity contribution in [1.82, 2.24) is 8.87 Å². The van der Waals surface area contributed by atoms with Crippen molar-refractivity contribution < 1.29 is 13.2 Å². The van der Waals surface area contributed by atoms with Crippen LogP contribution in [0.15, 0.2) is 47.5 Å². The van der Waals surface area contributed by atoms with Crippen LogP contribution in [0.4, 0.5) is 5.69 Å². The minimum atomic E-state index is -3.61. The number of carbonyl (C=O) groups excluding carboxylic acids is 1. The van der Waals surface area contributed by atoms with Crippen LogP contribution < -0.4 is 4.90 Å². The van der Waals surface area contributed by atoms with Gasteiger partial charge in [-0.05, 0) is 55.7 Å². The molecule has 0 N–H and O–H groups in total. The number of rotatable bonds is 4. The molecule has 0 bridgehead atoms. The van der Waals surface area contributed by atoms with Gasteiger partial charge in [0.2, 0.25) is 15.9 Å². The molecule has 2 saturated heterocycles. The lowest BCUT2D eigenvalue weighted by Gasteiger charge is -2.30. The van der Waals surface area contributed by atoms with E-state index in [0.717, 1.165) is 43.5 Å². The fraction of sp³-hybridized carbons (Fsp3) is 0.476. The molecular weight excluding hydrogens is 374 g/mol. The number of nitrogens with zero attached hydrogens (tertiary/aromatic N) is 3. The number of anilines is 1. The monoisotopic (exact) mass is 401 g/mol. The molecule has 150 valence electrons. The van der Waals surface area contributed by atoms with E-state index < -0.39 is 10.0 Å². The van der Waals surface area contributed by atoms with Gasteiger partial charge in [0.1, 0.15) is 0 Å². The summed E-state index contributed by atoms with van der Waals surface area (Å²) in [5, 5.41) is 0. The lowest BCUT2D eigenvalue weighted by molar-refractivity contribution is -0.117. The molecule has 0 unspecified atom stereocenters. The molecular formula is C21H27N3O3S. The number of hydrogen-bond acceptors (Lipinski definition) is 3. The Bertz CT molecular complexity index is 950. The van der Waals surface area contributed by atoms with Crippen LogP contribution in [-0.2, 0) is 21.9 Å². The first-order valence-electron chi connectivity index (χ1n) is 10.0. The Hall–Kier alpha value is -2.12. The number of aromatic nitrogens is 1. The molecule has 6 nitrogen and oxygen atoms in total. The zero-order chi connectivity index (χ0) is 19.7. The fourth-order valence-electron chi connectivity index (χ4n) is 4.34. The molecule has 2 aliphatic heterocycles. The molecule has 28 heavy (non-hydrogen) atoms. The van der Waals surface area contributed by atoms with Crippen LogP contribution in [0.3, 0.4) is 0 Å². The highest BCUT2D eigenvalue weighted by atomic mass is 32.2. The van der Waals surface area contributed by atoms with Gasteiger partial charge in [0, 0.05) is 44.1 Å². The highest BCUT2D eigenvalue weighted by Gasteiger charge is 2.34. The molecule has 1 aromatic carbocycles. The Kier molecular flexibility index (Phi) is 5.29. The summed E-state index contributed by atoms with van der Waals surface area (Å²) >= 11 is 0. The first kappa shape index (κ1) is 19.2. The smallest absolute Gasteiger partial charge is 0.243 e. The lowest BCUT2D eigenvalue weighted by Crippen LogP contribution is -2.35. The average Bonchev–Trinajstić information content (AvgIpc) is 3.22. The van der Waals surface area contributed by atoms with Gasteiger partial charge in [-0.15, -0.1) is 0 Å². The zero-order valence-electron chi connectivity index (χ0n) is 16.3. The summed E-state index contributed by atoms with van der Waals surface area (Å²) in [6.07, 6.45) is 7.16. The molecule has 2 fully saturated rings. The predicted molar refractivity (Wildman–Crippen MR) is 109 cm³/mol. The molecule has 1 amide bonds. The normalized spacial score (nSPS) is 21.8. The SMILES string of the molecule is Cn1cccc1[C@H]1CCCCCN1S(=O)(=O)c1ccc(N2CCCC2=O)cc1. The zero-order valence-corrected chi connectivity index (χ0v) is 17.1. The van der Waals surface area contributed by atoms with Crippen molar-refractivity contribution in [2.24, 2.45) is 7.05 Å². The third-order valence-corrected chi connectivity index (χ3v) is 7.78. The number of benzene rings is 1. The molecule has 1 aromatic heterocycles. The van der Waals surface area contributed by atoms with Gasteiger partial charge in [0.05, 0.1) is 10.9 Å². The van der Waals surface area contributed by atoms with E-state index in [1.165, 1.54) is 0 Å². The maximum Gasteiger partial charge on any atom is 0.243 e. The third kappa shape index (κ3) is 3.49. The van der Waals surface area contributed by atoms with E-state index in [1.807, 2.05) is 29.9 Å². The van der Waals surface area contributed by atoms with Crippen molar-refractivity contribution in [2.45, 2.75) is 49.5 Å². The first-order valence-corrected chi connectivity index (χ1v) is 11.5. The van der Waals surface area contributed by atoms with Crippen LogP contribution in [0.2, 0.25) is 0 Å². The van der Waals surface area contributed by atoms with Gasteiger partial charge in [-0.1, -0.05) is 12.8 Å². The highest BCUT2D eigenvalue weighted by Crippen LogP contribution is 2.35. The highest BCUT2D eigenvalue weighted by molar-refractivity contribution is 7.89. The van der Waals surface area contributed by atoms with Crippen LogP contribution in [0, 0.1) is 0 Å². The van der Waals surface area contributed by atoms with Crippen LogP contribution >= 0.6 is 0 Å². The molecule has 0 saturated carbocycles. The summed E-state index contributed by atoms with van der Waals surface area (Å²) in [4.78, 5) is 14.0. The maximum atomic E-state index is 13.5. The quantitative estimate of drug-likeness (QED) is 0.788. The molecule has 0 aliphatic carbocycles. The minimum Gasteiger partial charge on any atom is -0.353 e. The van der Waals surface area contributed by atoms with Gasteiger partial charge >= 0.3 is 0 Å². The van der Waals surface area contributed by atoms with E-state index in [4.69, 9.17) is 0 Å². The van der Waals surface area contributed by atoms with E-state index in [-0.39, 0.29) is 11.9 Å². The van der Waals surface area contributed by atoms with Crippen LogP contribution in [0.5, 0.6) is 0 Å². The van der Waals surface area contributed by atoms with Crippen molar-refractivity contribution >= 4 is 21.6 Å². The number of sulfonamides is 1. The van der Waals surface area contributed by atoms with E-state index in [1.54, 1.807) is 33.5 Å². The average molecular weight is 402 g/mol. The van der Waals surface area contributed by atoms with E-state index in [0.29, 0.717) is 24.4 Å². The standard InChI is InChI=1S/C21H27N3O3S/c1-22-14-5-8-19(22)20-7-3-2-4-16-24(20)28(26,27)18-12-10-17(11-13-18)23-15-6-9-21(23)25/h5,8,10-14,20H,2-4,6-7,9,15-16H2,1H3/t20-/m1/s1. The van der Waals surface area contributed by atoms with E-state index in [2.05, 4.69) is 0 Å². The molecule has 0 radical (unpaired) electrons. The Balaban J connectivity index is 1.65. The third-order valence-electron chi connectivity index (χ3n) is 5.86. The van der Waals surface area contributed by atoms with Gasteiger partial charge in [-0.25, -0.2) is 8.42 Å². The number of carbonyl (C=O) groups is 1. The second-order valence-corrected chi connectivity index (χ2v) is 9.56. The summed E-state index contributed by atoms with van der Waals surface area (Å²) in [5.41, 5.74) is 1.81. The molecule has 4 rings (SSSR count). The number of amides is 1. The van der Waals surface area contributed by atoms with Crippen LogP contribution in [0.1, 0.15) is 50.3 Å². The van der Waals surface area contributed by atoms with Crippen molar-refractivity contribution in [1.29, 1.82) is 0 Å². The molecule has 2 aromatic rings. The maximum absolute atomic E-state index is 13.5. The summed E-state index contributed by atoms with van der Waals surface area (Å²) in [7, 11) is -1.65. The summed E-state index contributed by atoms with van der Waals surface area (Å²) in [5.74, 6) is 0.104. The second kappa shape index (κ2) is 7.72. The Morgan fingerprint density at radius 2 is 1.75 bits per heavy atom. The largest absolute Gasteiger partial charge is 0.353 e. The van der Waals surface area contributed by atoms with E-state index in [9.17, 15) is 13.2 Å². The molecule has 1 atom stereocenters. The van der Waals surface area contributed by atoms with Gasteiger partial charge in [0.25, 0.3) is 0 Å². The molecule has 3 heterocycles. The second-order valence-electron chi connectivity index (χ2n) is 7.67. The topological polar surface area (TPSA) is 62.6 Å². The summed E-state index contributed by atoms with van der Waals surface area (Å²) < 4.78 is 30.7. The molecule has 7 heteroatoms. The van der Waals surface area contributed by atoms with E-state index >= 15 is 0 Å². The van der Waals surface area contributed by atoms with Gasteiger partial charge in [0.15, 0.2) is 0 Å². The molecule has 2 aliphatic rings. The number of aryl methyl sites for hydroxylation is 1. The van der Waals surface area contributed by atoms with Crippen LogP contribution in [0.25, 0.3) is 0 Å². The predicted octanol–water partition coefficient (Wildman–Crippen LogP) is 3.46. The van der Waals surface area contributed by atoms with Crippen molar-refractivity contribution in [3.63, 3.8) is 0 Å². The lowest BCUT2D eigenvalue weighted by atomic mass is 10.1. The van der Waals surface area contributed by atoms with Gasteiger partial charge in [-0.3, -0.25) is 4.79 Å². The van der Waals surface area contributed by atoms with Gasteiger partial charge < -0.3 is 9.47 Å². The van der Waals surface area contributed by atoms with Gasteiger partial charge in [-0.2, -0.15) is 4.31 Å². The minimum absolute atomic E-state index is 0.104. The van der Waals surface area contributed by atoms with Crippen molar-refractivity contribution in [3.05, 3.63) is 48.3 Å². The molecule has 0 spiro atoms. The Labute approximate surface area is 166 Å².